The highest BCUT2D eigenvalue weighted by Gasteiger charge is 2.30. The summed E-state index contributed by atoms with van der Waals surface area (Å²) in [6, 6.07) is 0. The summed E-state index contributed by atoms with van der Waals surface area (Å²) < 4.78 is 10.9. The molecule has 3 fully saturated rings. The van der Waals surface area contributed by atoms with E-state index in [4.69, 9.17) is 9.26 Å². The lowest BCUT2D eigenvalue weighted by atomic mass is 9.86. The average Bonchev–Trinajstić information content (AvgIpc) is 3.22. The summed E-state index contributed by atoms with van der Waals surface area (Å²) >= 11 is 0. The third-order valence-electron chi connectivity index (χ3n) is 6.62. The molecule has 0 bridgehead atoms. The number of nitrogens with zero attached hydrogens (tertiary/aromatic N) is 3. The summed E-state index contributed by atoms with van der Waals surface area (Å²) in [6.45, 7) is 3.44. The van der Waals surface area contributed by atoms with Crippen LogP contribution in [0.5, 0.6) is 0 Å². The van der Waals surface area contributed by atoms with Crippen molar-refractivity contribution in [3.05, 3.63) is 11.7 Å². The molecular weight excluding hydrogens is 342 g/mol. The van der Waals surface area contributed by atoms with Crippen LogP contribution in [-0.4, -0.2) is 47.3 Å². The van der Waals surface area contributed by atoms with Crippen LogP contribution in [0.25, 0.3) is 0 Å². The highest BCUT2D eigenvalue weighted by molar-refractivity contribution is 5.79. The molecule has 6 nitrogen and oxygen atoms in total. The number of piperidine rings is 1. The summed E-state index contributed by atoms with van der Waals surface area (Å²) in [7, 11) is 0. The zero-order valence-electron chi connectivity index (χ0n) is 16.4. The molecule has 6 heteroatoms. The summed E-state index contributed by atoms with van der Waals surface area (Å²) in [4.78, 5) is 19.6. The molecule has 1 atom stereocenters. The monoisotopic (exact) mass is 375 g/mol. The molecular formula is C21H33N3O3. The Bertz CT molecular complexity index is 606. The number of aromatic nitrogens is 2. The number of ether oxygens (including phenoxy) is 1. The van der Waals surface area contributed by atoms with Crippen LogP contribution in [-0.2, 0) is 16.0 Å². The zero-order chi connectivity index (χ0) is 18.5. The maximum Gasteiger partial charge on any atom is 0.229 e. The van der Waals surface area contributed by atoms with Gasteiger partial charge in [-0.25, -0.2) is 0 Å². The van der Waals surface area contributed by atoms with Crippen molar-refractivity contribution < 1.29 is 14.1 Å². The Hall–Kier alpha value is -1.43. The molecule has 150 valence electrons. The highest BCUT2D eigenvalue weighted by Crippen LogP contribution is 2.29. The van der Waals surface area contributed by atoms with Gasteiger partial charge in [-0.1, -0.05) is 24.4 Å². The van der Waals surface area contributed by atoms with Crippen molar-refractivity contribution in [2.24, 2.45) is 11.8 Å². The second-order valence-corrected chi connectivity index (χ2v) is 8.60. The van der Waals surface area contributed by atoms with Crippen molar-refractivity contribution in [3.8, 4) is 0 Å². The molecule has 2 aliphatic heterocycles. The topological polar surface area (TPSA) is 68.5 Å². The van der Waals surface area contributed by atoms with Gasteiger partial charge >= 0.3 is 0 Å². The van der Waals surface area contributed by atoms with Crippen molar-refractivity contribution in [3.63, 3.8) is 0 Å². The third kappa shape index (κ3) is 4.89. The summed E-state index contributed by atoms with van der Waals surface area (Å²) in [5, 5.41) is 4.20. The number of carbonyl (C=O) groups excluding carboxylic acids is 1. The van der Waals surface area contributed by atoms with Crippen LogP contribution >= 0.6 is 0 Å². The molecule has 1 saturated carbocycles. The Morgan fingerprint density at radius 3 is 2.67 bits per heavy atom. The summed E-state index contributed by atoms with van der Waals surface area (Å²) in [6.07, 6.45) is 12.1. The maximum atomic E-state index is 12.8. The first kappa shape index (κ1) is 18.9. The van der Waals surface area contributed by atoms with Gasteiger partial charge in [-0.05, 0) is 50.9 Å². The average molecular weight is 376 g/mol. The molecule has 27 heavy (non-hydrogen) atoms. The van der Waals surface area contributed by atoms with Gasteiger partial charge in [0, 0.05) is 44.6 Å². The minimum Gasteiger partial charge on any atom is -0.381 e. The Balaban J connectivity index is 1.25. The molecule has 3 heterocycles. The zero-order valence-corrected chi connectivity index (χ0v) is 16.4. The van der Waals surface area contributed by atoms with Crippen LogP contribution in [0.15, 0.2) is 4.52 Å². The normalized spacial score (nSPS) is 25.6. The van der Waals surface area contributed by atoms with Gasteiger partial charge in [0.15, 0.2) is 5.82 Å². The van der Waals surface area contributed by atoms with E-state index < -0.39 is 0 Å². The van der Waals surface area contributed by atoms with Gasteiger partial charge in [0.1, 0.15) is 0 Å². The molecule has 1 unspecified atom stereocenters. The van der Waals surface area contributed by atoms with Crippen LogP contribution < -0.4 is 0 Å². The van der Waals surface area contributed by atoms with Gasteiger partial charge in [-0.3, -0.25) is 4.79 Å². The molecule has 0 spiro atoms. The van der Waals surface area contributed by atoms with Gasteiger partial charge in [0.25, 0.3) is 0 Å². The van der Waals surface area contributed by atoms with E-state index in [1.54, 1.807) is 0 Å². The van der Waals surface area contributed by atoms with Crippen LogP contribution in [0.3, 0.4) is 0 Å². The van der Waals surface area contributed by atoms with Crippen molar-refractivity contribution in [1.29, 1.82) is 0 Å². The minimum absolute atomic E-state index is 0.289. The standard InChI is InChI=1S/C21H33N3O3/c25-21(18-6-2-1-3-7-18)24-12-4-5-16(15-24)8-9-19-22-20(27-23-19)17-10-13-26-14-11-17/h16-18H,1-15H2. The van der Waals surface area contributed by atoms with Gasteiger partial charge in [0.2, 0.25) is 11.8 Å². The first-order valence-electron chi connectivity index (χ1n) is 11.0. The second kappa shape index (κ2) is 9.18. The Labute approximate surface area is 162 Å². The summed E-state index contributed by atoms with van der Waals surface area (Å²) in [5.74, 6) is 3.24. The van der Waals surface area contributed by atoms with Gasteiger partial charge in [-0.15, -0.1) is 0 Å². The number of hydrogen-bond donors (Lipinski definition) is 0. The number of likely N-dealkylation sites (tertiary alicyclic amines) is 1. The van der Waals surface area contributed by atoms with Crippen LogP contribution in [0, 0.1) is 11.8 Å². The van der Waals surface area contributed by atoms with E-state index in [0.717, 1.165) is 83.0 Å². The van der Waals surface area contributed by atoms with E-state index in [1.807, 2.05) is 0 Å². The first-order valence-corrected chi connectivity index (χ1v) is 11.0. The molecule has 4 rings (SSSR count). The molecule has 0 aromatic carbocycles. The molecule has 0 N–H and O–H groups in total. The number of rotatable bonds is 5. The van der Waals surface area contributed by atoms with E-state index in [-0.39, 0.29) is 5.92 Å². The van der Waals surface area contributed by atoms with Gasteiger partial charge in [-0.2, -0.15) is 4.98 Å². The maximum absolute atomic E-state index is 12.8. The van der Waals surface area contributed by atoms with Crippen molar-refractivity contribution in [2.45, 2.75) is 76.5 Å². The highest BCUT2D eigenvalue weighted by atomic mass is 16.5. The lowest BCUT2D eigenvalue weighted by molar-refractivity contribution is -0.138. The van der Waals surface area contributed by atoms with Gasteiger partial charge in [0.05, 0.1) is 0 Å². The second-order valence-electron chi connectivity index (χ2n) is 8.60. The van der Waals surface area contributed by atoms with Crippen LogP contribution in [0.1, 0.15) is 81.8 Å². The number of aryl methyl sites for hydroxylation is 1. The van der Waals surface area contributed by atoms with E-state index >= 15 is 0 Å². The molecule has 1 amide bonds. The summed E-state index contributed by atoms with van der Waals surface area (Å²) in [5.41, 5.74) is 0. The van der Waals surface area contributed by atoms with E-state index in [9.17, 15) is 4.79 Å². The quantitative estimate of drug-likeness (QED) is 0.785. The molecule has 3 aliphatic rings. The van der Waals surface area contributed by atoms with Crippen molar-refractivity contribution >= 4 is 5.91 Å². The van der Waals surface area contributed by atoms with Gasteiger partial charge < -0.3 is 14.2 Å². The molecule has 0 radical (unpaired) electrons. The largest absolute Gasteiger partial charge is 0.381 e. The third-order valence-corrected chi connectivity index (χ3v) is 6.62. The first-order chi connectivity index (χ1) is 13.3. The van der Waals surface area contributed by atoms with Crippen molar-refractivity contribution in [1.82, 2.24) is 15.0 Å². The molecule has 2 saturated heterocycles. The lowest BCUT2D eigenvalue weighted by Gasteiger charge is -2.36. The molecule has 1 aromatic heterocycles. The van der Waals surface area contributed by atoms with E-state index in [1.165, 1.54) is 25.7 Å². The fourth-order valence-electron chi connectivity index (χ4n) is 4.92. The number of carbonyl (C=O) groups is 1. The van der Waals surface area contributed by atoms with Crippen LogP contribution in [0.4, 0.5) is 0 Å². The molecule has 1 aromatic rings. The Morgan fingerprint density at radius 2 is 1.85 bits per heavy atom. The smallest absolute Gasteiger partial charge is 0.229 e. The Morgan fingerprint density at radius 1 is 1.04 bits per heavy atom. The minimum atomic E-state index is 0.289. The fraction of sp³-hybridized carbons (Fsp3) is 0.857. The predicted octanol–water partition coefficient (Wildman–Crippen LogP) is 3.72. The van der Waals surface area contributed by atoms with Crippen LogP contribution in [0.2, 0.25) is 0 Å². The predicted molar refractivity (Wildman–Crippen MR) is 101 cm³/mol. The fourth-order valence-corrected chi connectivity index (χ4v) is 4.92. The number of hydrogen-bond acceptors (Lipinski definition) is 5. The molecule has 1 aliphatic carbocycles. The lowest BCUT2D eigenvalue weighted by Crippen LogP contribution is -2.43. The number of amides is 1. The SMILES string of the molecule is O=C(C1CCCCC1)N1CCCC(CCc2noc(C3CCOCC3)n2)C1. The van der Waals surface area contributed by atoms with E-state index in [2.05, 4.69) is 15.0 Å². The van der Waals surface area contributed by atoms with Crippen molar-refractivity contribution in [2.75, 3.05) is 26.3 Å². The Kier molecular flexibility index (Phi) is 6.43. The van der Waals surface area contributed by atoms with E-state index in [0.29, 0.717) is 17.7 Å².